The molecule has 16 nitrogen and oxygen atoms in total. The van der Waals surface area contributed by atoms with Crippen molar-refractivity contribution in [3.8, 4) is 17.2 Å². The maximum atomic E-state index is 13.2. The predicted molar refractivity (Wildman–Crippen MR) is 193 cm³/mol. The quantitative estimate of drug-likeness (QED) is 0.0324. The Labute approximate surface area is 305 Å². The molecule has 3 unspecified atom stereocenters. The first-order valence-electron chi connectivity index (χ1n) is 16.9. The standard InChI is InChI=1S/C35H45N5O11S/c1-47-25-19-28(48-2)33(27(41)11-10-23-6-5-7-24(18-23)40(45)46)29(20-25)51-21-32(43)37-13-15-50-17-16-49-14-12-36-31(42)9-4-3-8-30-34-26(22-52-30)38-35(44)39-34/h5-7,10-11,18-20,26,30,34H,3-4,8-9,12-17,21-22H2,1-2H3,(H,36,42)(H,37,43)(H2,38,39,44)/b11-10+. The molecule has 4 N–H and O–H groups in total. The molecule has 0 radical (unpaired) electrons. The highest BCUT2D eigenvalue weighted by atomic mass is 32.2. The molecule has 0 spiro atoms. The van der Waals surface area contributed by atoms with Crippen molar-refractivity contribution in [1.82, 2.24) is 21.3 Å². The molecule has 52 heavy (non-hydrogen) atoms. The normalized spacial score (nSPS) is 17.6. The van der Waals surface area contributed by atoms with E-state index >= 15 is 0 Å². The number of fused-ring (bicyclic) bond motifs is 1. The van der Waals surface area contributed by atoms with Crippen LogP contribution in [0.5, 0.6) is 17.2 Å². The van der Waals surface area contributed by atoms with Crippen LogP contribution in [0.3, 0.4) is 0 Å². The molecule has 3 atom stereocenters. The average molecular weight is 744 g/mol. The number of ketones is 1. The van der Waals surface area contributed by atoms with E-state index in [4.69, 9.17) is 23.7 Å². The summed E-state index contributed by atoms with van der Waals surface area (Å²) in [7, 11) is 2.81. The van der Waals surface area contributed by atoms with Crippen LogP contribution in [-0.2, 0) is 19.1 Å². The van der Waals surface area contributed by atoms with Crippen molar-refractivity contribution in [2.45, 2.75) is 43.0 Å². The number of methoxy groups -OCH3 is 2. The second-order valence-corrected chi connectivity index (χ2v) is 13.1. The molecule has 4 amide bonds. The summed E-state index contributed by atoms with van der Waals surface area (Å²) in [6.07, 6.45) is 5.81. The summed E-state index contributed by atoms with van der Waals surface area (Å²) in [6.45, 7) is 1.41. The maximum Gasteiger partial charge on any atom is 0.315 e. The first-order chi connectivity index (χ1) is 25.2. The van der Waals surface area contributed by atoms with Crippen LogP contribution >= 0.6 is 11.8 Å². The van der Waals surface area contributed by atoms with Crippen molar-refractivity contribution in [2.75, 3.05) is 66.1 Å². The van der Waals surface area contributed by atoms with Gasteiger partial charge in [0.25, 0.3) is 11.6 Å². The van der Waals surface area contributed by atoms with Gasteiger partial charge in [-0.05, 0) is 24.5 Å². The van der Waals surface area contributed by atoms with Gasteiger partial charge < -0.3 is 45.0 Å². The van der Waals surface area contributed by atoms with Gasteiger partial charge in [0, 0.05) is 54.8 Å². The van der Waals surface area contributed by atoms with Crippen LogP contribution in [0.4, 0.5) is 10.5 Å². The van der Waals surface area contributed by atoms with Gasteiger partial charge in [0.05, 0.1) is 57.7 Å². The number of benzene rings is 2. The minimum atomic E-state index is -0.526. The lowest BCUT2D eigenvalue weighted by molar-refractivity contribution is -0.384. The minimum absolute atomic E-state index is 0.0179. The molecule has 0 aliphatic carbocycles. The monoisotopic (exact) mass is 743 g/mol. The lowest BCUT2D eigenvalue weighted by Crippen LogP contribution is -2.36. The Hall–Kier alpha value is -4.87. The van der Waals surface area contributed by atoms with Crippen LogP contribution in [-0.4, -0.2) is 112 Å². The Morgan fingerprint density at radius 2 is 1.69 bits per heavy atom. The van der Waals surface area contributed by atoms with E-state index in [9.17, 15) is 29.3 Å². The van der Waals surface area contributed by atoms with E-state index in [2.05, 4.69) is 21.3 Å². The lowest BCUT2D eigenvalue weighted by atomic mass is 10.0. The summed E-state index contributed by atoms with van der Waals surface area (Å²) in [4.78, 5) is 59.8. The van der Waals surface area contributed by atoms with E-state index < -0.39 is 23.2 Å². The van der Waals surface area contributed by atoms with Crippen molar-refractivity contribution in [2.24, 2.45) is 0 Å². The number of nitro groups is 1. The highest BCUT2D eigenvalue weighted by molar-refractivity contribution is 8.00. The van der Waals surface area contributed by atoms with E-state index in [0.29, 0.717) is 49.3 Å². The van der Waals surface area contributed by atoms with E-state index in [1.165, 1.54) is 56.7 Å². The van der Waals surface area contributed by atoms with Crippen LogP contribution in [0, 0.1) is 10.1 Å². The predicted octanol–water partition coefficient (Wildman–Crippen LogP) is 2.88. The van der Waals surface area contributed by atoms with Gasteiger partial charge in [0.15, 0.2) is 12.4 Å². The Morgan fingerprint density at radius 1 is 0.962 bits per heavy atom. The number of urea groups is 1. The van der Waals surface area contributed by atoms with Crippen molar-refractivity contribution in [3.05, 3.63) is 63.7 Å². The first kappa shape index (κ1) is 39.9. The Bertz CT molecular complexity index is 1590. The van der Waals surface area contributed by atoms with Gasteiger partial charge in [-0.2, -0.15) is 11.8 Å². The molecule has 2 aromatic carbocycles. The fourth-order valence-corrected chi connectivity index (χ4v) is 7.15. The molecular weight excluding hydrogens is 698 g/mol. The summed E-state index contributed by atoms with van der Waals surface area (Å²) in [5.74, 6) is 0.501. The van der Waals surface area contributed by atoms with Gasteiger partial charge in [-0.1, -0.05) is 24.6 Å². The van der Waals surface area contributed by atoms with Crippen LogP contribution in [0.25, 0.3) is 6.08 Å². The number of non-ortho nitro benzene ring substituents is 1. The number of nitrogens with one attached hydrogen (secondary N) is 4. The third-order valence-corrected chi connectivity index (χ3v) is 9.71. The van der Waals surface area contributed by atoms with Crippen LogP contribution in [0.15, 0.2) is 42.5 Å². The zero-order valence-electron chi connectivity index (χ0n) is 29.2. The number of allylic oxidation sites excluding steroid dienone is 1. The molecule has 0 saturated carbocycles. The van der Waals surface area contributed by atoms with E-state index in [1.807, 2.05) is 11.8 Å². The molecule has 2 saturated heterocycles. The van der Waals surface area contributed by atoms with Gasteiger partial charge >= 0.3 is 6.03 Å². The Balaban J connectivity index is 1.07. The molecule has 2 aliphatic rings. The fraction of sp³-hybridized carbons (Fsp3) is 0.486. The number of nitrogens with zero attached hydrogens (tertiary/aromatic N) is 1. The SMILES string of the molecule is COc1cc(OC)c(C(=O)/C=C/c2cccc([N+](=O)[O-])c2)c(OCC(=O)NCCOCCOCCNC(=O)CCCCC2SCC3NC(=O)NC32)c1. The van der Waals surface area contributed by atoms with Crippen molar-refractivity contribution >= 4 is 47.2 Å². The van der Waals surface area contributed by atoms with Crippen LogP contribution < -0.4 is 35.5 Å². The van der Waals surface area contributed by atoms with Crippen molar-refractivity contribution in [3.63, 3.8) is 0 Å². The van der Waals surface area contributed by atoms with Crippen LogP contribution in [0.1, 0.15) is 41.6 Å². The third-order valence-electron chi connectivity index (χ3n) is 8.20. The lowest BCUT2D eigenvalue weighted by Gasteiger charge is -2.16. The number of carbonyl (C=O) groups is 4. The summed E-state index contributed by atoms with van der Waals surface area (Å²) in [5, 5.41) is 22.9. The number of unbranched alkanes of at least 4 members (excludes halogenated alkanes) is 1. The summed E-state index contributed by atoms with van der Waals surface area (Å²) in [6, 6.07) is 9.09. The molecule has 0 bridgehead atoms. The second-order valence-electron chi connectivity index (χ2n) is 11.8. The van der Waals surface area contributed by atoms with Crippen LogP contribution in [0.2, 0.25) is 0 Å². The number of amides is 4. The van der Waals surface area contributed by atoms with E-state index in [-0.39, 0.29) is 59.9 Å². The summed E-state index contributed by atoms with van der Waals surface area (Å²) < 4.78 is 27.4. The van der Waals surface area contributed by atoms with E-state index in [0.717, 1.165) is 25.0 Å². The number of carbonyl (C=O) groups excluding carboxylic acids is 4. The van der Waals surface area contributed by atoms with Crippen molar-refractivity contribution in [1.29, 1.82) is 0 Å². The summed E-state index contributed by atoms with van der Waals surface area (Å²) >= 11 is 1.87. The zero-order valence-corrected chi connectivity index (χ0v) is 30.0. The molecule has 2 heterocycles. The highest BCUT2D eigenvalue weighted by Gasteiger charge is 2.42. The minimum Gasteiger partial charge on any atom is -0.496 e. The first-order valence-corrected chi connectivity index (χ1v) is 18.0. The average Bonchev–Trinajstić information content (AvgIpc) is 3.70. The molecule has 2 aliphatic heterocycles. The molecule has 17 heteroatoms. The topological polar surface area (TPSA) is 206 Å². The van der Waals surface area contributed by atoms with Gasteiger partial charge in [0.2, 0.25) is 5.91 Å². The van der Waals surface area contributed by atoms with Crippen molar-refractivity contribution < 1.29 is 47.8 Å². The van der Waals surface area contributed by atoms with Gasteiger partial charge in [-0.3, -0.25) is 24.5 Å². The molecular formula is C35H45N5O11S. The van der Waals surface area contributed by atoms with Gasteiger partial charge in [-0.15, -0.1) is 0 Å². The summed E-state index contributed by atoms with van der Waals surface area (Å²) in [5.41, 5.74) is 0.386. The maximum absolute atomic E-state index is 13.2. The van der Waals surface area contributed by atoms with Gasteiger partial charge in [-0.25, -0.2) is 4.79 Å². The number of rotatable bonds is 23. The molecule has 282 valence electrons. The number of nitro benzene ring substituents is 1. The molecule has 2 fully saturated rings. The van der Waals surface area contributed by atoms with E-state index in [1.54, 1.807) is 6.07 Å². The largest absolute Gasteiger partial charge is 0.496 e. The number of ether oxygens (including phenoxy) is 5. The van der Waals surface area contributed by atoms with Gasteiger partial charge in [0.1, 0.15) is 22.8 Å². The molecule has 2 aromatic rings. The number of hydrogen-bond acceptors (Lipinski definition) is 12. The third kappa shape index (κ3) is 12.4. The number of thioether (sulfide) groups is 1. The zero-order chi connectivity index (χ0) is 37.3. The molecule has 4 rings (SSSR count). The highest BCUT2D eigenvalue weighted by Crippen LogP contribution is 2.35. The smallest absolute Gasteiger partial charge is 0.315 e. The Kier molecular flexibility index (Phi) is 16.0. The fourth-order valence-electron chi connectivity index (χ4n) is 5.60. The molecule has 0 aromatic heterocycles. The number of hydrogen-bond donors (Lipinski definition) is 4. The Morgan fingerprint density at radius 3 is 2.40 bits per heavy atom. The second kappa shape index (κ2) is 20.8.